The van der Waals surface area contributed by atoms with Crippen LogP contribution in [0.1, 0.15) is 48.7 Å². The molecule has 0 aliphatic carbocycles. The largest absolute Gasteiger partial charge is 0.493 e. The number of alkyl halides is 3. The van der Waals surface area contributed by atoms with Gasteiger partial charge in [-0.05, 0) is 55.5 Å². The molecule has 4 N–H and O–H groups in total. The highest BCUT2D eigenvalue weighted by Crippen LogP contribution is 2.42. The summed E-state index contributed by atoms with van der Waals surface area (Å²) < 4.78 is 62.3. The first kappa shape index (κ1) is 29.3. The van der Waals surface area contributed by atoms with Gasteiger partial charge in [-0.1, -0.05) is 43.2 Å². The minimum Gasteiger partial charge on any atom is -0.493 e. The van der Waals surface area contributed by atoms with Crippen molar-refractivity contribution in [2.75, 3.05) is 13.2 Å². The summed E-state index contributed by atoms with van der Waals surface area (Å²) in [7, 11) is -4.74. The third-order valence-corrected chi connectivity index (χ3v) is 7.35. The Labute approximate surface area is 217 Å². The van der Waals surface area contributed by atoms with Gasteiger partial charge < -0.3 is 20.3 Å². The third kappa shape index (κ3) is 9.21. The molecule has 0 saturated carbocycles. The van der Waals surface area contributed by atoms with Crippen molar-refractivity contribution in [2.24, 2.45) is 5.73 Å². The molecule has 1 heterocycles. The van der Waals surface area contributed by atoms with Gasteiger partial charge in [-0.25, -0.2) is 9.55 Å². The molecule has 0 bridgehead atoms. The maximum absolute atomic E-state index is 13.8. The van der Waals surface area contributed by atoms with Crippen molar-refractivity contribution in [2.45, 2.75) is 50.7 Å². The molecule has 1 atom stereocenters. The van der Waals surface area contributed by atoms with Crippen molar-refractivity contribution in [3.63, 3.8) is 0 Å². The zero-order valence-electron chi connectivity index (χ0n) is 20.3. The van der Waals surface area contributed by atoms with Gasteiger partial charge in [-0.3, -0.25) is 4.52 Å². The number of nitrogens with two attached hydrogens (primary N) is 1. The average Bonchev–Trinajstić information content (AvgIpc) is 3.33. The van der Waals surface area contributed by atoms with Crippen LogP contribution in [-0.4, -0.2) is 28.0 Å². The molecule has 0 aliphatic heterocycles. The van der Waals surface area contributed by atoms with E-state index in [1.165, 1.54) is 30.8 Å². The summed E-state index contributed by atoms with van der Waals surface area (Å²) in [6.45, 7) is 1.13. The maximum atomic E-state index is 13.8. The van der Waals surface area contributed by atoms with Crippen LogP contribution in [0.2, 0.25) is 0 Å². The topological polar surface area (TPSA) is 115 Å². The van der Waals surface area contributed by atoms with E-state index < -0.39 is 31.7 Å². The first-order chi connectivity index (χ1) is 17.4. The van der Waals surface area contributed by atoms with Gasteiger partial charge in [-0.2, -0.15) is 13.2 Å². The summed E-state index contributed by atoms with van der Waals surface area (Å²) >= 11 is 1.02. The van der Waals surface area contributed by atoms with Crippen molar-refractivity contribution < 1.29 is 36.8 Å². The van der Waals surface area contributed by atoms with Crippen molar-refractivity contribution in [3.05, 3.63) is 70.9 Å². The second-order valence-electron chi connectivity index (χ2n) is 8.92. The highest BCUT2D eigenvalue weighted by molar-refractivity contribution is 7.46. The Kier molecular flexibility index (Phi) is 9.91. The van der Waals surface area contributed by atoms with E-state index in [1.54, 1.807) is 0 Å². The van der Waals surface area contributed by atoms with Gasteiger partial charge in [0.2, 0.25) is 0 Å². The molecular weight excluding hydrogens is 528 g/mol. The van der Waals surface area contributed by atoms with Crippen LogP contribution in [0.3, 0.4) is 0 Å². The Morgan fingerprint density at radius 3 is 2.43 bits per heavy atom. The number of hydrogen-bond donors (Lipinski definition) is 3. The molecule has 1 aromatic heterocycles. The number of unbranched alkanes of at least 4 members (excludes halogenated alkanes) is 3. The summed E-state index contributed by atoms with van der Waals surface area (Å²) in [5.74, 6) is -0.232. The van der Waals surface area contributed by atoms with Crippen LogP contribution in [0.5, 0.6) is 5.75 Å². The van der Waals surface area contributed by atoms with Crippen molar-refractivity contribution in [1.82, 2.24) is 4.98 Å². The molecule has 2 aromatic carbocycles. The lowest BCUT2D eigenvalue weighted by Crippen LogP contribution is -2.37. The Balaban J connectivity index is 1.59. The number of phosphoric ester groups is 1. The van der Waals surface area contributed by atoms with E-state index in [0.717, 1.165) is 43.1 Å². The van der Waals surface area contributed by atoms with E-state index in [4.69, 9.17) is 20.3 Å². The molecule has 0 radical (unpaired) electrons. The Hall–Kier alpha value is -2.27. The summed E-state index contributed by atoms with van der Waals surface area (Å²) in [6, 6.07) is 13.9. The first-order valence-electron chi connectivity index (χ1n) is 11.7. The second-order valence-corrected chi connectivity index (χ2v) is 11.2. The third-order valence-electron chi connectivity index (χ3n) is 5.56. The number of benzene rings is 2. The molecule has 0 fully saturated rings. The lowest BCUT2D eigenvalue weighted by Gasteiger charge is -2.21. The first-order valence-corrected chi connectivity index (χ1v) is 14.0. The number of halogens is 3. The van der Waals surface area contributed by atoms with Crippen molar-refractivity contribution in [3.8, 4) is 16.2 Å². The number of rotatable bonds is 13. The zero-order chi connectivity index (χ0) is 27.1. The Bertz CT molecular complexity index is 1200. The predicted molar refractivity (Wildman–Crippen MR) is 136 cm³/mol. The fourth-order valence-electron chi connectivity index (χ4n) is 3.59. The van der Waals surface area contributed by atoms with Gasteiger partial charge in [0.25, 0.3) is 0 Å². The van der Waals surface area contributed by atoms with E-state index >= 15 is 0 Å². The molecule has 7 nitrogen and oxygen atoms in total. The van der Waals surface area contributed by atoms with Crippen LogP contribution >= 0.6 is 19.2 Å². The van der Waals surface area contributed by atoms with E-state index in [-0.39, 0.29) is 22.9 Å². The van der Waals surface area contributed by atoms with Crippen LogP contribution in [0.15, 0.2) is 54.7 Å². The smallest absolute Gasteiger partial charge is 0.469 e. The van der Waals surface area contributed by atoms with Gasteiger partial charge in [0.05, 0.1) is 29.2 Å². The normalized spacial score (nSPS) is 13.9. The molecule has 0 saturated heterocycles. The Morgan fingerprint density at radius 2 is 1.76 bits per heavy atom. The fraction of sp³-hybridized carbons (Fsp3) is 0.400. The van der Waals surface area contributed by atoms with Crippen LogP contribution in [-0.2, 0) is 27.2 Å². The molecule has 3 rings (SSSR count). The lowest BCUT2D eigenvalue weighted by molar-refractivity contribution is -0.138. The molecule has 37 heavy (non-hydrogen) atoms. The summed E-state index contributed by atoms with van der Waals surface area (Å²) in [4.78, 5) is 22.3. The fourth-order valence-corrected chi connectivity index (χ4v) is 4.99. The number of ether oxygens (including phenoxy) is 1. The van der Waals surface area contributed by atoms with E-state index in [0.29, 0.717) is 11.3 Å². The lowest BCUT2D eigenvalue weighted by atomic mass is 10.1. The molecular formula is C25H30F3N2O5PS. The molecule has 0 aliphatic rings. The summed E-state index contributed by atoms with van der Waals surface area (Å²) in [6.07, 6.45) is 1.22. The predicted octanol–water partition coefficient (Wildman–Crippen LogP) is 6.29. The van der Waals surface area contributed by atoms with Gasteiger partial charge in [0.15, 0.2) is 0 Å². The quantitative estimate of drug-likeness (QED) is 0.167. The summed E-state index contributed by atoms with van der Waals surface area (Å²) in [5, 5.41) is 0.261. The van der Waals surface area contributed by atoms with Gasteiger partial charge >= 0.3 is 14.0 Å². The monoisotopic (exact) mass is 558 g/mol. The van der Waals surface area contributed by atoms with Crippen molar-refractivity contribution >= 4 is 19.2 Å². The minimum atomic E-state index is -4.74. The average molecular weight is 559 g/mol. The number of hydrogen-bond acceptors (Lipinski definition) is 6. The van der Waals surface area contributed by atoms with E-state index in [9.17, 15) is 17.7 Å². The molecule has 202 valence electrons. The van der Waals surface area contributed by atoms with Crippen molar-refractivity contribution in [1.29, 1.82) is 0 Å². The zero-order valence-corrected chi connectivity index (χ0v) is 22.0. The molecule has 0 amide bonds. The number of aromatic nitrogens is 1. The minimum absolute atomic E-state index is 0.184. The number of nitrogens with zero attached hydrogens (tertiary/aromatic N) is 1. The number of aryl methyl sites for hydroxylation is 1. The molecule has 12 heteroatoms. The van der Waals surface area contributed by atoms with Gasteiger partial charge in [0, 0.05) is 6.20 Å². The van der Waals surface area contributed by atoms with Crippen LogP contribution in [0.4, 0.5) is 13.2 Å². The van der Waals surface area contributed by atoms with Crippen LogP contribution in [0, 0.1) is 0 Å². The van der Waals surface area contributed by atoms with Crippen LogP contribution in [0.25, 0.3) is 10.4 Å². The molecule has 3 aromatic rings. The van der Waals surface area contributed by atoms with Gasteiger partial charge in [-0.15, -0.1) is 11.3 Å². The second kappa shape index (κ2) is 12.5. The Morgan fingerprint density at radius 1 is 1.05 bits per heavy atom. The number of thiazole rings is 1. The molecule has 0 spiro atoms. The standard InChI is InChI=1S/C25H30F3N2O5PS/c1-24(29,17-35-36(31,32)33)23-30-16-22(37-23)19-12-13-21(20(15-19)25(26,27)28)34-14-8-3-2-5-9-18-10-6-4-7-11-18/h4,6-7,10-13,15-16H,2-3,5,8-9,14,17,29H2,1H3,(H2,31,32,33). The number of phosphoric acid groups is 1. The summed E-state index contributed by atoms with van der Waals surface area (Å²) in [5.41, 5.74) is 5.38. The van der Waals surface area contributed by atoms with E-state index in [1.807, 2.05) is 18.2 Å². The highest BCUT2D eigenvalue weighted by atomic mass is 32.1. The van der Waals surface area contributed by atoms with Gasteiger partial charge in [0.1, 0.15) is 10.8 Å². The van der Waals surface area contributed by atoms with Crippen LogP contribution < -0.4 is 10.5 Å². The highest BCUT2D eigenvalue weighted by Gasteiger charge is 2.35. The van der Waals surface area contributed by atoms with E-state index in [2.05, 4.69) is 21.6 Å². The SMILES string of the molecule is CC(N)(COP(=O)(O)O)c1ncc(-c2ccc(OCCCCCCc3ccccc3)c(C(F)(F)F)c2)s1. The molecule has 1 unspecified atom stereocenters. The maximum Gasteiger partial charge on any atom is 0.469 e.